The van der Waals surface area contributed by atoms with Crippen molar-refractivity contribution in [1.82, 2.24) is 4.98 Å². The second-order valence-electron chi connectivity index (χ2n) is 7.28. The van der Waals surface area contributed by atoms with Gasteiger partial charge in [0.2, 0.25) is 6.79 Å². The first-order chi connectivity index (χ1) is 15.1. The third-order valence-electron chi connectivity index (χ3n) is 5.26. The molecule has 0 aliphatic carbocycles. The number of ketones is 1. The number of ether oxygens (including phenoxy) is 2. The molecule has 0 radical (unpaired) electrons. The molecule has 0 fully saturated rings. The quantitative estimate of drug-likeness (QED) is 0.248. The van der Waals surface area contributed by atoms with Crippen LogP contribution in [0.15, 0.2) is 77.3 Å². The molecule has 1 aromatic heterocycles. The predicted octanol–water partition coefficient (Wildman–Crippen LogP) is 6.60. The summed E-state index contributed by atoms with van der Waals surface area (Å²) in [5.41, 5.74) is 4.91. The molecule has 31 heavy (non-hydrogen) atoms. The van der Waals surface area contributed by atoms with Gasteiger partial charge in [0.1, 0.15) is 0 Å². The predicted molar refractivity (Wildman–Crippen MR) is 126 cm³/mol. The minimum absolute atomic E-state index is 0.0941. The number of benzene rings is 3. The van der Waals surface area contributed by atoms with Gasteiger partial charge in [0, 0.05) is 21.1 Å². The SMILES string of the molecule is Cc1nc2ccc(Br)cc2c(-c2ccccc2)c1C(=O)/C=C/c1ccc2c(c1)OCO2. The molecule has 1 aliphatic rings. The maximum absolute atomic E-state index is 13.4. The summed E-state index contributed by atoms with van der Waals surface area (Å²) >= 11 is 3.56. The van der Waals surface area contributed by atoms with Crippen molar-refractivity contribution in [2.45, 2.75) is 6.92 Å². The minimum Gasteiger partial charge on any atom is -0.454 e. The number of hydrogen-bond acceptors (Lipinski definition) is 4. The van der Waals surface area contributed by atoms with Crippen molar-refractivity contribution in [3.8, 4) is 22.6 Å². The van der Waals surface area contributed by atoms with Crippen LogP contribution in [0, 0.1) is 6.92 Å². The van der Waals surface area contributed by atoms with Gasteiger partial charge < -0.3 is 9.47 Å². The fourth-order valence-corrected chi connectivity index (χ4v) is 4.20. The molecule has 0 saturated carbocycles. The first kappa shape index (κ1) is 19.5. The Balaban J connectivity index is 1.63. The highest BCUT2D eigenvalue weighted by Gasteiger charge is 2.19. The largest absolute Gasteiger partial charge is 0.454 e. The molecule has 0 amide bonds. The van der Waals surface area contributed by atoms with E-state index in [1.807, 2.05) is 73.7 Å². The molecule has 5 heteroatoms. The first-order valence-electron chi connectivity index (χ1n) is 9.87. The summed E-state index contributed by atoms with van der Waals surface area (Å²) in [6, 6.07) is 21.5. The summed E-state index contributed by atoms with van der Waals surface area (Å²) in [4.78, 5) is 18.1. The van der Waals surface area contributed by atoms with Gasteiger partial charge in [-0.1, -0.05) is 58.4 Å². The highest BCUT2D eigenvalue weighted by atomic mass is 79.9. The van der Waals surface area contributed by atoms with Crippen molar-refractivity contribution in [2.24, 2.45) is 0 Å². The molecule has 0 N–H and O–H groups in total. The van der Waals surface area contributed by atoms with E-state index in [-0.39, 0.29) is 12.6 Å². The Morgan fingerprint density at radius 2 is 1.81 bits per heavy atom. The molecular formula is C26H18BrNO3. The van der Waals surface area contributed by atoms with Gasteiger partial charge >= 0.3 is 0 Å². The molecule has 0 spiro atoms. The number of carbonyl (C=O) groups is 1. The summed E-state index contributed by atoms with van der Waals surface area (Å²) in [5, 5.41) is 0.936. The Bertz CT molecular complexity index is 1350. The molecule has 0 unspecified atom stereocenters. The lowest BCUT2D eigenvalue weighted by Crippen LogP contribution is -2.05. The molecule has 0 atom stereocenters. The van der Waals surface area contributed by atoms with Crippen molar-refractivity contribution < 1.29 is 14.3 Å². The van der Waals surface area contributed by atoms with Gasteiger partial charge in [0.25, 0.3) is 0 Å². The van der Waals surface area contributed by atoms with E-state index in [0.29, 0.717) is 17.0 Å². The number of pyridine rings is 1. The number of fused-ring (bicyclic) bond motifs is 2. The smallest absolute Gasteiger partial charge is 0.231 e. The molecule has 0 bridgehead atoms. The Labute approximate surface area is 188 Å². The second kappa shape index (κ2) is 8.00. The lowest BCUT2D eigenvalue weighted by atomic mass is 9.92. The van der Waals surface area contributed by atoms with Gasteiger partial charge in [0.05, 0.1) is 11.1 Å². The zero-order valence-corrected chi connectivity index (χ0v) is 18.3. The van der Waals surface area contributed by atoms with Crippen molar-refractivity contribution in [3.05, 3.63) is 94.1 Å². The van der Waals surface area contributed by atoms with Gasteiger partial charge in [-0.15, -0.1) is 0 Å². The Hall–Kier alpha value is -3.44. The van der Waals surface area contributed by atoms with E-state index in [1.54, 1.807) is 12.2 Å². The molecule has 152 valence electrons. The standard InChI is InChI=1S/C26H18BrNO3/c1-16-25(22(29)11-7-17-8-12-23-24(13-17)31-15-30-23)26(18-5-3-2-4-6-18)20-14-19(27)9-10-21(20)28-16/h2-14H,15H2,1H3/b11-7+. The van der Waals surface area contributed by atoms with Crippen molar-refractivity contribution >= 4 is 38.7 Å². The van der Waals surface area contributed by atoms with Gasteiger partial charge in [-0.2, -0.15) is 0 Å². The summed E-state index contributed by atoms with van der Waals surface area (Å²) in [5.74, 6) is 1.31. The maximum atomic E-state index is 13.4. The van der Waals surface area contributed by atoms with Gasteiger partial charge in [-0.05, 0) is 54.5 Å². The van der Waals surface area contributed by atoms with Crippen LogP contribution < -0.4 is 9.47 Å². The normalized spacial score (nSPS) is 12.6. The fraction of sp³-hybridized carbons (Fsp3) is 0.0769. The van der Waals surface area contributed by atoms with Crippen LogP contribution in [0.25, 0.3) is 28.1 Å². The van der Waals surface area contributed by atoms with E-state index in [0.717, 1.165) is 37.8 Å². The summed E-state index contributed by atoms with van der Waals surface area (Å²) in [7, 11) is 0. The van der Waals surface area contributed by atoms with Crippen LogP contribution in [0.1, 0.15) is 21.6 Å². The first-order valence-corrected chi connectivity index (χ1v) is 10.7. The van der Waals surface area contributed by atoms with E-state index in [1.165, 1.54) is 0 Å². The number of carbonyl (C=O) groups excluding carboxylic acids is 1. The minimum atomic E-state index is -0.0941. The summed E-state index contributed by atoms with van der Waals surface area (Å²) < 4.78 is 11.7. The number of nitrogens with zero attached hydrogens (tertiary/aromatic N) is 1. The van der Waals surface area contributed by atoms with Gasteiger partial charge in [-0.25, -0.2) is 0 Å². The van der Waals surface area contributed by atoms with Crippen molar-refractivity contribution in [3.63, 3.8) is 0 Å². The number of allylic oxidation sites excluding steroid dienone is 1. The fourth-order valence-electron chi connectivity index (χ4n) is 3.84. The Morgan fingerprint density at radius 3 is 2.65 bits per heavy atom. The molecule has 1 aliphatic heterocycles. The number of aryl methyl sites for hydroxylation is 1. The van der Waals surface area contributed by atoms with Crippen LogP contribution in [0.3, 0.4) is 0 Å². The maximum Gasteiger partial charge on any atom is 0.231 e. The number of hydrogen-bond donors (Lipinski definition) is 0. The van der Waals surface area contributed by atoms with Crippen LogP contribution in [-0.2, 0) is 0 Å². The zero-order chi connectivity index (χ0) is 21.4. The van der Waals surface area contributed by atoms with E-state index in [2.05, 4.69) is 15.9 Å². The Morgan fingerprint density at radius 1 is 1.00 bits per heavy atom. The van der Waals surface area contributed by atoms with Crippen LogP contribution in [0.2, 0.25) is 0 Å². The topological polar surface area (TPSA) is 48.4 Å². The second-order valence-corrected chi connectivity index (χ2v) is 8.20. The summed E-state index contributed by atoms with van der Waals surface area (Å²) in [6.45, 7) is 2.11. The molecular weight excluding hydrogens is 454 g/mol. The summed E-state index contributed by atoms with van der Waals surface area (Å²) in [6.07, 6.45) is 3.39. The van der Waals surface area contributed by atoms with E-state index in [4.69, 9.17) is 14.5 Å². The van der Waals surface area contributed by atoms with E-state index in [9.17, 15) is 4.79 Å². The van der Waals surface area contributed by atoms with Gasteiger partial charge in [-0.3, -0.25) is 9.78 Å². The molecule has 2 heterocycles. The van der Waals surface area contributed by atoms with E-state index >= 15 is 0 Å². The van der Waals surface area contributed by atoms with Crippen LogP contribution in [0.4, 0.5) is 0 Å². The average Bonchev–Trinajstić information content (AvgIpc) is 3.25. The van der Waals surface area contributed by atoms with Crippen molar-refractivity contribution in [1.29, 1.82) is 0 Å². The third kappa shape index (κ3) is 3.73. The lowest BCUT2D eigenvalue weighted by Gasteiger charge is -2.14. The highest BCUT2D eigenvalue weighted by Crippen LogP contribution is 2.36. The van der Waals surface area contributed by atoms with Crippen LogP contribution in [0.5, 0.6) is 11.5 Å². The number of aromatic nitrogens is 1. The van der Waals surface area contributed by atoms with Crippen molar-refractivity contribution in [2.75, 3.05) is 6.79 Å². The molecule has 3 aromatic carbocycles. The average molecular weight is 472 g/mol. The van der Waals surface area contributed by atoms with Crippen LogP contribution >= 0.6 is 15.9 Å². The number of rotatable bonds is 4. The molecule has 4 nitrogen and oxygen atoms in total. The third-order valence-corrected chi connectivity index (χ3v) is 5.75. The monoisotopic (exact) mass is 471 g/mol. The Kier molecular flexibility index (Phi) is 5.04. The van der Waals surface area contributed by atoms with E-state index < -0.39 is 0 Å². The highest BCUT2D eigenvalue weighted by molar-refractivity contribution is 9.10. The van der Waals surface area contributed by atoms with Gasteiger partial charge in [0.15, 0.2) is 17.3 Å². The molecule has 0 saturated heterocycles. The lowest BCUT2D eigenvalue weighted by molar-refractivity contribution is 0.104. The van der Waals surface area contributed by atoms with Crippen LogP contribution in [-0.4, -0.2) is 17.6 Å². The number of halogens is 1. The molecule has 5 rings (SSSR count). The zero-order valence-electron chi connectivity index (χ0n) is 16.8. The molecule has 4 aromatic rings.